The smallest absolute Gasteiger partial charge is 0.333 e. The maximum absolute atomic E-state index is 14.2. The zero-order valence-corrected chi connectivity index (χ0v) is 19.3. The molecule has 3 aromatic carbocycles. The summed E-state index contributed by atoms with van der Waals surface area (Å²) in [5, 5.41) is 0. The molecule has 4 rings (SSSR count). The van der Waals surface area contributed by atoms with E-state index in [1.165, 1.54) is 30.2 Å². The summed E-state index contributed by atoms with van der Waals surface area (Å²) in [6, 6.07) is 17.9. The lowest BCUT2D eigenvalue weighted by Crippen LogP contribution is -2.35. The van der Waals surface area contributed by atoms with Crippen LogP contribution in [-0.4, -0.2) is 23.9 Å². The van der Waals surface area contributed by atoms with Gasteiger partial charge < -0.3 is 14.4 Å². The molecule has 3 aromatic rings. The van der Waals surface area contributed by atoms with E-state index in [1.807, 2.05) is 69.3 Å². The maximum Gasteiger partial charge on any atom is 0.333 e. The van der Waals surface area contributed by atoms with Gasteiger partial charge in [-0.05, 0) is 41.8 Å². The van der Waals surface area contributed by atoms with Crippen molar-refractivity contribution < 1.29 is 23.5 Å². The highest BCUT2D eigenvalue weighted by atomic mass is 19.1. The fourth-order valence-electron chi connectivity index (χ4n) is 3.91. The quantitative estimate of drug-likeness (QED) is 0.459. The Kier molecular flexibility index (Phi) is 7.83. The number of hydrogen-bond acceptors (Lipinski definition) is 4. The molecule has 0 spiro atoms. The number of carbonyl (C=O) groups excluding carboxylic acids is 2. The second kappa shape index (κ2) is 10.8. The minimum absolute atomic E-state index is 0.226. The molecule has 33 heavy (non-hydrogen) atoms. The summed E-state index contributed by atoms with van der Waals surface area (Å²) in [5.74, 6) is -1.16. The van der Waals surface area contributed by atoms with Gasteiger partial charge in [0, 0.05) is 17.7 Å². The van der Waals surface area contributed by atoms with E-state index in [1.54, 1.807) is 0 Å². The molecule has 6 heteroatoms. The summed E-state index contributed by atoms with van der Waals surface area (Å²) >= 11 is 0. The van der Waals surface area contributed by atoms with Crippen LogP contribution >= 0.6 is 0 Å². The van der Waals surface area contributed by atoms with Gasteiger partial charge >= 0.3 is 5.97 Å². The van der Waals surface area contributed by atoms with E-state index < -0.39 is 17.8 Å². The van der Waals surface area contributed by atoms with E-state index in [2.05, 4.69) is 0 Å². The van der Waals surface area contributed by atoms with Crippen LogP contribution in [0.1, 0.15) is 52.5 Å². The van der Waals surface area contributed by atoms with E-state index in [-0.39, 0.29) is 24.6 Å². The van der Waals surface area contributed by atoms with Gasteiger partial charge in [-0.25, -0.2) is 9.18 Å². The number of benzene rings is 3. The van der Waals surface area contributed by atoms with Crippen molar-refractivity contribution in [3.05, 3.63) is 100 Å². The standard InChI is InChI=1S/C25H22FNO4.C2H6/c1-16-7-6-10-18-14-27(24(28)22(16)18)23(25(29)30-2)20-13-19(26)11-12-21(20)31-15-17-8-4-3-5-9-17;1-2/h3-13,23H,14-15H2,1-2H3;1-2H3. The molecular weight excluding hydrogens is 421 g/mol. The van der Waals surface area contributed by atoms with Crippen LogP contribution in [0.5, 0.6) is 5.75 Å². The largest absolute Gasteiger partial charge is 0.489 e. The summed E-state index contributed by atoms with van der Waals surface area (Å²) in [6.45, 7) is 6.31. The van der Waals surface area contributed by atoms with Gasteiger partial charge in [0.2, 0.25) is 0 Å². The number of amides is 1. The average Bonchev–Trinajstić information content (AvgIpc) is 3.17. The Labute approximate surface area is 193 Å². The normalized spacial score (nSPS) is 13.0. The van der Waals surface area contributed by atoms with Crippen molar-refractivity contribution in [1.29, 1.82) is 0 Å². The van der Waals surface area contributed by atoms with Gasteiger partial charge in [-0.15, -0.1) is 0 Å². The van der Waals surface area contributed by atoms with Gasteiger partial charge in [0.05, 0.1) is 7.11 Å². The Balaban J connectivity index is 0.00000149. The second-order valence-electron chi connectivity index (χ2n) is 7.42. The fourth-order valence-corrected chi connectivity index (χ4v) is 3.91. The average molecular weight is 450 g/mol. The monoisotopic (exact) mass is 449 g/mol. The topological polar surface area (TPSA) is 55.8 Å². The number of hydrogen-bond donors (Lipinski definition) is 0. The summed E-state index contributed by atoms with van der Waals surface area (Å²) in [4.78, 5) is 27.4. The first-order valence-corrected chi connectivity index (χ1v) is 10.9. The van der Waals surface area contributed by atoms with Crippen molar-refractivity contribution in [3.8, 4) is 5.75 Å². The Bertz CT molecular complexity index is 1130. The zero-order valence-electron chi connectivity index (χ0n) is 19.3. The van der Waals surface area contributed by atoms with Crippen LogP contribution in [0.15, 0.2) is 66.7 Å². The molecule has 1 atom stereocenters. The third-order valence-corrected chi connectivity index (χ3v) is 5.41. The fraction of sp³-hybridized carbons (Fsp3) is 0.259. The lowest BCUT2D eigenvalue weighted by Gasteiger charge is -2.27. The predicted octanol–water partition coefficient (Wildman–Crippen LogP) is 5.61. The molecule has 0 aromatic heterocycles. The molecule has 0 radical (unpaired) electrons. The number of esters is 1. The summed E-state index contributed by atoms with van der Waals surface area (Å²) < 4.78 is 25.2. The number of halogens is 1. The van der Waals surface area contributed by atoms with Gasteiger partial charge in [0.15, 0.2) is 6.04 Å². The van der Waals surface area contributed by atoms with Gasteiger partial charge in [0.25, 0.3) is 5.91 Å². The number of aryl methyl sites for hydroxylation is 1. The van der Waals surface area contributed by atoms with Crippen LogP contribution in [0.2, 0.25) is 0 Å². The number of methoxy groups -OCH3 is 1. The first-order chi connectivity index (χ1) is 16.0. The molecular formula is C27H28FNO4. The number of carbonyl (C=O) groups is 2. The van der Waals surface area contributed by atoms with E-state index in [9.17, 15) is 14.0 Å². The van der Waals surface area contributed by atoms with Crippen LogP contribution in [0.4, 0.5) is 4.39 Å². The highest BCUT2D eigenvalue weighted by molar-refractivity contribution is 6.02. The Hall–Kier alpha value is -3.67. The molecule has 0 aliphatic carbocycles. The minimum atomic E-state index is -1.13. The van der Waals surface area contributed by atoms with Crippen LogP contribution in [-0.2, 0) is 22.7 Å². The number of rotatable bonds is 6. The maximum atomic E-state index is 14.2. The molecule has 0 N–H and O–H groups in total. The van der Waals surface area contributed by atoms with Crippen LogP contribution in [0.3, 0.4) is 0 Å². The molecule has 5 nitrogen and oxygen atoms in total. The number of fused-ring (bicyclic) bond motifs is 1. The minimum Gasteiger partial charge on any atom is -0.489 e. The van der Waals surface area contributed by atoms with Crippen molar-refractivity contribution in [2.24, 2.45) is 0 Å². The van der Waals surface area contributed by atoms with Crippen molar-refractivity contribution in [2.45, 2.75) is 40.0 Å². The molecule has 1 amide bonds. The highest BCUT2D eigenvalue weighted by Gasteiger charge is 2.40. The van der Waals surface area contributed by atoms with E-state index in [0.29, 0.717) is 11.3 Å². The first kappa shape index (κ1) is 24.0. The second-order valence-corrected chi connectivity index (χ2v) is 7.42. The highest BCUT2D eigenvalue weighted by Crippen LogP contribution is 2.37. The van der Waals surface area contributed by atoms with Crippen molar-refractivity contribution >= 4 is 11.9 Å². The molecule has 172 valence electrons. The first-order valence-electron chi connectivity index (χ1n) is 10.9. The Morgan fingerprint density at radius 3 is 2.45 bits per heavy atom. The zero-order chi connectivity index (χ0) is 24.0. The van der Waals surface area contributed by atoms with Crippen LogP contribution < -0.4 is 4.74 Å². The molecule has 0 saturated carbocycles. The molecule has 0 bridgehead atoms. The predicted molar refractivity (Wildman–Crippen MR) is 124 cm³/mol. The lowest BCUT2D eigenvalue weighted by molar-refractivity contribution is -0.146. The summed E-state index contributed by atoms with van der Waals surface area (Å²) in [6.07, 6.45) is 0. The third kappa shape index (κ3) is 5.06. The Morgan fingerprint density at radius 1 is 1.06 bits per heavy atom. The van der Waals surface area contributed by atoms with Gasteiger partial charge in [-0.2, -0.15) is 0 Å². The van der Waals surface area contributed by atoms with Gasteiger partial charge in [-0.3, -0.25) is 4.79 Å². The van der Waals surface area contributed by atoms with Crippen LogP contribution in [0, 0.1) is 12.7 Å². The third-order valence-electron chi connectivity index (χ3n) is 5.41. The van der Waals surface area contributed by atoms with E-state index in [0.717, 1.165) is 16.7 Å². The van der Waals surface area contributed by atoms with Crippen LogP contribution in [0.25, 0.3) is 0 Å². The number of nitrogens with zero attached hydrogens (tertiary/aromatic N) is 1. The molecule has 0 saturated heterocycles. The Morgan fingerprint density at radius 2 is 1.79 bits per heavy atom. The summed E-state index contributed by atoms with van der Waals surface area (Å²) in [7, 11) is 1.25. The van der Waals surface area contributed by atoms with Crippen molar-refractivity contribution in [1.82, 2.24) is 4.90 Å². The molecule has 1 aliphatic heterocycles. The molecule has 1 unspecified atom stereocenters. The number of ether oxygens (including phenoxy) is 2. The SMILES string of the molecule is CC.COC(=O)C(c1cc(F)ccc1OCc1ccccc1)N1Cc2cccc(C)c2C1=O. The lowest BCUT2D eigenvalue weighted by atomic mass is 10.0. The van der Waals surface area contributed by atoms with E-state index in [4.69, 9.17) is 9.47 Å². The van der Waals surface area contributed by atoms with E-state index >= 15 is 0 Å². The molecule has 1 aliphatic rings. The molecule has 1 heterocycles. The summed E-state index contributed by atoms with van der Waals surface area (Å²) in [5.41, 5.74) is 3.39. The van der Waals surface area contributed by atoms with Gasteiger partial charge in [0.1, 0.15) is 18.2 Å². The van der Waals surface area contributed by atoms with Gasteiger partial charge in [-0.1, -0.05) is 62.4 Å². The molecule has 0 fully saturated rings. The van der Waals surface area contributed by atoms with Crippen molar-refractivity contribution in [3.63, 3.8) is 0 Å². The van der Waals surface area contributed by atoms with Crippen molar-refractivity contribution in [2.75, 3.05) is 7.11 Å².